The van der Waals surface area contributed by atoms with Gasteiger partial charge in [0.1, 0.15) is 22.8 Å². The maximum Gasteiger partial charge on any atom is 0.255 e. The molecule has 10 nitrogen and oxygen atoms in total. The second-order valence-electron chi connectivity index (χ2n) is 9.97. The van der Waals surface area contributed by atoms with Crippen molar-refractivity contribution in [2.75, 3.05) is 20.7 Å². The van der Waals surface area contributed by atoms with Crippen LogP contribution in [-0.4, -0.2) is 81.2 Å². The summed E-state index contributed by atoms with van der Waals surface area (Å²) in [7, 11) is 3.03. The van der Waals surface area contributed by atoms with E-state index in [-0.39, 0.29) is 11.1 Å². The Morgan fingerprint density at radius 3 is 2.47 bits per heavy atom. The van der Waals surface area contributed by atoms with E-state index in [4.69, 9.17) is 10.5 Å². The summed E-state index contributed by atoms with van der Waals surface area (Å²) >= 11 is 0. The number of rotatable bonds is 6. The molecule has 0 saturated carbocycles. The number of aliphatic hydroxyl groups is 4. The summed E-state index contributed by atoms with van der Waals surface area (Å²) in [4.78, 5) is 40.7. The number of benzene rings is 1. The fourth-order valence-electron chi connectivity index (χ4n) is 6.02. The first-order valence-corrected chi connectivity index (χ1v) is 12.0. The van der Waals surface area contributed by atoms with Gasteiger partial charge in [-0.05, 0) is 38.1 Å². The van der Waals surface area contributed by atoms with Crippen molar-refractivity contribution in [3.05, 3.63) is 52.0 Å². The molecule has 10 heteroatoms. The molecule has 0 spiro atoms. The molecule has 0 saturated heterocycles. The van der Waals surface area contributed by atoms with Crippen molar-refractivity contribution in [3.63, 3.8) is 0 Å². The van der Waals surface area contributed by atoms with E-state index in [0.29, 0.717) is 17.9 Å². The zero-order chi connectivity index (χ0) is 26.7. The minimum Gasteiger partial charge on any atom is -0.510 e. The van der Waals surface area contributed by atoms with Crippen LogP contribution in [0.25, 0.3) is 0 Å². The van der Waals surface area contributed by atoms with E-state index in [1.54, 1.807) is 25.1 Å². The Morgan fingerprint density at radius 2 is 1.89 bits per heavy atom. The van der Waals surface area contributed by atoms with E-state index in [0.717, 1.165) is 12.8 Å². The molecule has 36 heavy (non-hydrogen) atoms. The first-order chi connectivity index (χ1) is 16.9. The van der Waals surface area contributed by atoms with Crippen LogP contribution in [0.15, 0.2) is 40.9 Å². The highest BCUT2D eigenvalue weighted by molar-refractivity contribution is 6.25. The Morgan fingerprint density at radius 1 is 1.22 bits per heavy atom. The van der Waals surface area contributed by atoms with E-state index in [1.807, 2.05) is 6.92 Å². The molecule has 3 aliphatic carbocycles. The quantitative estimate of drug-likeness (QED) is 0.284. The number of amides is 1. The van der Waals surface area contributed by atoms with Crippen molar-refractivity contribution < 1.29 is 39.5 Å². The van der Waals surface area contributed by atoms with Crippen LogP contribution in [0.4, 0.5) is 0 Å². The van der Waals surface area contributed by atoms with Gasteiger partial charge in [0, 0.05) is 11.5 Å². The molecule has 0 aromatic heterocycles. The average Bonchev–Trinajstić information content (AvgIpc) is 2.81. The minimum absolute atomic E-state index is 0.189. The molecule has 2 unspecified atom stereocenters. The van der Waals surface area contributed by atoms with Gasteiger partial charge in [0.05, 0.1) is 30.2 Å². The van der Waals surface area contributed by atoms with Crippen LogP contribution in [0.2, 0.25) is 0 Å². The molecule has 0 heterocycles. The third-order valence-electron chi connectivity index (χ3n) is 7.74. The molecule has 1 amide bonds. The first-order valence-electron chi connectivity index (χ1n) is 12.0. The van der Waals surface area contributed by atoms with E-state index in [2.05, 4.69) is 0 Å². The summed E-state index contributed by atoms with van der Waals surface area (Å²) in [5, 5.41) is 45.5. The second-order valence-corrected chi connectivity index (χ2v) is 9.97. The number of Topliss-reactive ketones (excluding diaryl/α,β-unsaturated/α-hetero) is 2. The summed E-state index contributed by atoms with van der Waals surface area (Å²) in [5.41, 5.74) is 2.07. The summed E-state index contributed by atoms with van der Waals surface area (Å²) in [5.74, 6) is -7.71. The van der Waals surface area contributed by atoms with E-state index < -0.39 is 70.1 Å². The number of primary amides is 1. The van der Waals surface area contributed by atoms with Crippen molar-refractivity contribution in [1.29, 1.82) is 0 Å². The van der Waals surface area contributed by atoms with Crippen molar-refractivity contribution in [2.45, 2.75) is 50.4 Å². The van der Waals surface area contributed by atoms with Gasteiger partial charge in [-0.15, -0.1) is 0 Å². The maximum absolute atomic E-state index is 13.8. The number of carbonyl (C=O) groups is 3. The number of likely N-dealkylation sites (N-methyl/N-ethyl adjacent to an activating group) is 1. The molecular formula is C26H32N2O8. The monoisotopic (exact) mass is 500 g/mol. The van der Waals surface area contributed by atoms with Crippen LogP contribution in [0, 0.1) is 11.8 Å². The number of aliphatic hydroxyl groups excluding tert-OH is 3. The van der Waals surface area contributed by atoms with Gasteiger partial charge in [-0.1, -0.05) is 32.4 Å². The number of nitrogens with zero attached hydrogens (tertiary/aromatic N) is 1. The Balaban J connectivity index is 1.97. The molecule has 4 rings (SSSR count). The third kappa shape index (κ3) is 3.39. The van der Waals surface area contributed by atoms with E-state index in [9.17, 15) is 34.8 Å². The Bertz CT molecular complexity index is 1200. The molecule has 0 fully saturated rings. The van der Waals surface area contributed by atoms with Gasteiger partial charge in [0.15, 0.2) is 11.4 Å². The van der Waals surface area contributed by atoms with Crippen molar-refractivity contribution in [3.8, 4) is 5.75 Å². The lowest BCUT2D eigenvalue weighted by atomic mass is 9.55. The lowest BCUT2D eigenvalue weighted by molar-refractivity contribution is -0.162. The molecule has 1 aromatic rings. The Kier molecular flexibility index (Phi) is 6.48. The standard InChI is InChI=1S/C26H32N2O8/c1-5-6-10-36-13-9-7-8-12-11(2)14-16(20(29)15(12)13)23(32)26(35)18(21(14)30)19(28(3)4)22(31)17(24(26)33)25(27)34/h7-9,11,14,18-19,21,30-32,35H,5-6,10H2,1-4H3,(H2,27,34)/t11-,14?,18?,19-,21-,26-/m0/s1. The van der Waals surface area contributed by atoms with Crippen LogP contribution in [0.1, 0.15) is 48.5 Å². The van der Waals surface area contributed by atoms with Gasteiger partial charge in [-0.25, -0.2) is 0 Å². The number of ether oxygens (including phenoxy) is 1. The number of ketones is 2. The second kappa shape index (κ2) is 9.02. The number of carbonyl (C=O) groups excluding carboxylic acids is 3. The lowest BCUT2D eigenvalue weighted by Crippen LogP contribution is -2.68. The lowest BCUT2D eigenvalue weighted by Gasteiger charge is -2.53. The Labute approximate surface area is 208 Å². The van der Waals surface area contributed by atoms with Crippen molar-refractivity contribution in [1.82, 2.24) is 4.90 Å². The highest BCUT2D eigenvalue weighted by Crippen LogP contribution is 2.55. The van der Waals surface area contributed by atoms with Gasteiger partial charge in [0.25, 0.3) is 5.91 Å². The SMILES string of the molecule is CCCCOc1cccc2c1C(=O)C1=C(O)[C@]3(O)C(=O)C(C(N)=O)=C(O)[C@@H](N(C)C)C3[C@@H](O)C1[C@H]2C. The molecular weight excluding hydrogens is 468 g/mol. The molecule has 0 radical (unpaired) electrons. The number of fused-ring (bicyclic) bond motifs is 3. The molecule has 0 bridgehead atoms. The fraction of sp³-hybridized carbons (Fsp3) is 0.500. The molecule has 194 valence electrons. The van der Waals surface area contributed by atoms with Gasteiger partial charge < -0.3 is 30.9 Å². The number of hydrogen-bond donors (Lipinski definition) is 5. The topological polar surface area (TPSA) is 171 Å². The van der Waals surface area contributed by atoms with Gasteiger partial charge in [0.2, 0.25) is 5.78 Å². The highest BCUT2D eigenvalue weighted by Gasteiger charge is 2.67. The normalized spacial score (nSPS) is 31.8. The predicted molar refractivity (Wildman–Crippen MR) is 129 cm³/mol. The summed E-state index contributed by atoms with van der Waals surface area (Å²) in [6.45, 7) is 4.14. The smallest absolute Gasteiger partial charge is 0.255 e. The number of hydrogen-bond acceptors (Lipinski definition) is 9. The zero-order valence-corrected chi connectivity index (χ0v) is 20.7. The van der Waals surface area contributed by atoms with Crippen LogP contribution in [0.5, 0.6) is 5.75 Å². The van der Waals surface area contributed by atoms with Crippen LogP contribution < -0.4 is 10.5 Å². The van der Waals surface area contributed by atoms with Crippen molar-refractivity contribution >= 4 is 17.5 Å². The summed E-state index contributed by atoms with van der Waals surface area (Å²) < 4.78 is 5.84. The highest BCUT2D eigenvalue weighted by atomic mass is 16.5. The fourth-order valence-corrected chi connectivity index (χ4v) is 6.02. The zero-order valence-electron chi connectivity index (χ0n) is 20.7. The first kappa shape index (κ1) is 25.9. The Hall–Kier alpha value is -3.21. The molecule has 1 aromatic carbocycles. The maximum atomic E-state index is 13.8. The minimum atomic E-state index is -2.86. The summed E-state index contributed by atoms with van der Waals surface area (Å²) in [6.07, 6.45) is 0.0905. The molecule has 0 aliphatic heterocycles. The summed E-state index contributed by atoms with van der Waals surface area (Å²) in [6, 6.07) is 3.86. The predicted octanol–water partition coefficient (Wildman–Crippen LogP) is 1.13. The van der Waals surface area contributed by atoms with Gasteiger partial charge in [-0.3, -0.25) is 19.3 Å². The van der Waals surface area contributed by atoms with Gasteiger partial charge >= 0.3 is 0 Å². The number of unbranched alkanes of at least 4 members (excludes halogenated alkanes) is 1. The molecule has 6 atom stereocenters. The third-order valence-corrected chi connectivity index (χ3v) is 7.74. The number of nitrogens with two attached hydrogens (primary N) is 1. The molecule has 6 N–H and O–H groups in total. The van der Waals surface area contributed by atoms with Crippen molar-refractivity contribution in [2.24, 2.45) is 17.6 Å². The largest absolute Gasteiger partial charge is 0.510 e. The van der Waals surface area contributed by atoms with E-state index >= 15 is 0 Å². The van der Waals surface area contributed by atoms with Crippen LogP contribution in [0.3, 0.4) is 0 Å². The van der Waals surface area contributed by atoms with Crippen LogP contribution in [-0.2, 0) is 9.59 Å². The average molecular weight is 501 g/mol. The molecule has 3 aliphatic rings. The van der Waals surface area contributed by atoms with E-state index in [1.165, 1.54) is 19.0 Å². The van der Waals surface area contributed by atoms with Gasteiger partial charge in [-0.2, -0.15) is 0 Å². The van der Waals surface area contributed by atoms with Crippen LogP contribution >= 0.6 is 0 Å².